The number of aromatic nitrogens is 4. The van der Waals surface area contributed by atoms with Crippen molar-refractivity contribution in [2.75, 3.05) is 18.9 Å². The molecule has 2 aromatic rings. The van der Waals surface area contributed by atoms with Crippen LogP contribution in [0.4, 0.5) is 5.82 Å². The molecule has 0 saturated heterocycles. The Hall–Kier alpha value is -2.51. The third-order valence-corrected chi connectivity index (χ3v) is 2.17. The summed E-state index contributed by atoms with van der Waals surface area (Å²) in [5, 5.41) is 8.98. The van der Waals surface area contributed by atoms with E-state index in [0.717, 1.165) is 0 Å². The van der Waals surface area contributed by atoms with E-state index in [4.69, 9.17) is 4.52 Å². The van der Waals surface area contributed by atoms with E-state index in [0.29, 0.717) is 24.7 Å². The molecule has 0 atom stereocenters. The summed E-state index contributed by atoms with van der Waals surface area (Å²) in [6, 6.07) is 0. The normalized spacial score (nSPS) is 10.1. The summed E-state index contributed by atoms with van der Waals surface area (Å²) < 4.78 is 4.80. The van der Waals surface area contributed by atoms with Crippen LogP contribution in [0.5, 0.6) is 0 Å². The molecule has 0 spiro atoms. The van der Waals surface area contributed by atoms with Crippen LogP contribution in [0, 0.1) is 0 Å². The van der Waals surface area contributed by atoms with Crippen LogP contribution >= 0.6 is 0 Å². The molecule has 2 heterocycles. The van der Waals surface area contributed by atoms with Gasteiger partial charge in [0.1, 0.15) is 11.5 Å². The zero-order valence-corrected chi connectivity index (χ0v) is 9.75. The lowest BCUT2D eigenvalue weighted by atomic mass is 10.3. The fourth-order valence-corrected chi connectivity index (χ4v) is 1.25. The largest absolute Gasteiger partial charge is 0.372 e. The Bertz CT molecular complexity index is 496. The molecule has 0 aromatic carbocycles. The Morgan fingerprint density at radius 1 is 1.33 bits per heavy atom. The second kappa shape index (κ2) is 5.71. The summed E-state index contributed by atoms with van der Waals surface area (Å²) in [4.78, 5) is 23.5. The molecule has 0 saturated carbocycles. The number of hydrogen-bond acceptors (Lipinski definition) is 7. The molecule has 1 amide bonds. The minimum Gasteiger partial charge on any atom is -0.372 e. The number of rotatable bonds is 5. The second-order valence-electron chi connectivity index (χ2n) is 3.38. The standard InChI is InChI=1S/C10H12N6O2/c1-11-8-5-13-7(4-14-8)10(17)12-3-2-9-15-6-16-18-9/h4-6H,2-3H2,1H3,(H,11,14)(H,12,17). The lowest BCUT2D eigenvalue weighted by molar-refractivity contribution is 0.0948. The molecule has 8 heteroatoms. The smallest absolute Gasteiger partial charge is 0.271 e. The second-order valence-corrected chi connectivity index (χ2v) is 3.38. The number of carbonyl (C=O) groups excluding carboxylic acids is 1. The average molecular weight is 248 g/mol. The van der Waals surface area contributed by atoms with E-state index in [1.54, 1.807) is 7.05 Å². The zero-order valence-electron chi connectivity index (χ0n) is 9.75. The molecule has 18 heavy (non-hydrogen) atoms. The van der Waals surface area contributed by atoms with Crippen LogP contribution in [-0.4, -0.2) is 39.6 Å². The van der Waals surface area contributed by atoms with Crippen molar-refractivity contribution in [2.45, 2.75) is 6.42 Å². The van der Waals surface area contributed by atoms with E-state index < -0.39 is 0 Å². The quantitative estimate of drug-likeness (QED) is 0.759. The predicted molar refractivity (Wildman–Crippen MR) is 61.9 cm³/mol. The number of nitrogens with one attached hydrogen (secondary N) is 2. The van der Waals surface area contributed by atoms with Crippen LogP contribution in [-0.2, 0) is 6.42 Å². The van der Waals surface area contributed by atoms with Crippen molar-refractivity contribution in [3.05, 3.63) is 30.3 Å². The van der Waals surface area contributed by atoms with E-state index >= 15 is 0 Å². The van der Waals surface area contributed by atoms with Crippen molar-refractivity contribution >= 4 is 11.7 Å². The molecular formula is C10H12N6O2. The highest BCUT2D eigenvalue weighted by atomic mass is 16.5. The van der Waals surface area contributed by atoms with Gasteiger partial charge < -0.3 is 15.2 Å². The van der Waals surface area contributed by atoms with Gasteiger partial charge in [0.15, 0.2) is 6.33 Å². The maximum atomic E-state index is 11.7. The molecule has 0 radical (unpaired) electrons. The first-order valence-electron chi connectivity index (χ1n) is 5.33. The van der Waals surface area contributed by atoms with Crippen LogP contribution in [0.2, 0.25) is 0 Å². The first-order chi connectivity index (χ1) is 8.79. The minimum atomic E-state index is -0.287. The van der Waals surface area contributed by atoms with Gasteiger partial charge in [0.05, 0.1) is 12.4 Å². The van der Waals surface area contributed by atoms with Gasteiger partial charge in [-0.05, 0) is 0 Å². The molecule has 0 unspecified atom stereocenters. The molecule has 0 fully saturated rings. The number of anilines is 1. The van der Waals surface area contributed by atoms with Crippen molar-refractivity contribution in [3.63, 3.8) is 0 Å². The Labute approximate surface area is 103 Å². The summed E-state index contributed by atoms with van der Waals surface area (Å²) in [6.45, 7) is 0.399. The maximum absolute atomic E-state index is 11.7. The maximum Gasteiger partial charge on any atom is 0.271 e. The highest BCUT2D eigenvalue weighted by molar-refractivity contribution is 5.91. The van der Waals surface area contributed by atoms with Crippen molar-refractivity contribution < 1.29 is 9.32 Å². The molecular weight excluding hydrogens is 236 g/mol. The van der Waals surface area contributed by atoms with Gasteiger partial charge in [-0.2, -0.15) is 4.98 Å². The Kier molecular flexibility index (Phi) is 3.79. The predicted octanol–water partition coefficient (Wildman–Crippen LogP) is -0.126. The number of carbonyl (C=O) groups is 1. The van der Waals surface area contributed by atoms with Crippen LogP contribution in [0.1, 0.15) is 16.4 Å². The van der Waals surface area contributed by atoms with Crippen molar-refractivity contribution in [1.29, 1.82) is 0 Å². The summed E-state index contributed by atoms with van der Waals surface area (Å²) >= 11 is 0. The summed E-state index contributed by atoms with van der Waals surface area (Å²) in [7, 11) is 1.73. The molecule has 8 nitrogen and oxygen atoms in total. The first-order valence-corrected chi connectivity index (χ1v) is 5.33. The van der Waals surface area contributed by atoms with Crippen LogP contribution in [0.15, 0.2) is 23.2 Å². The number of nitrogens with zero attached hydrogens (tertiary/aromatic N) is 4. The monoisotopic (exact) mass is 248 g/mol. The zero-order chi connectivity index (χ0) is 12.8. The highest BCUT2D eigenvalue weighted by Crippen LogP contribution is 1.99. The summed E-state index contributed by atoms with van der Waals surface area (Å²) in [6.07, 6.45) is 4.70. The third-order valence-electron chi connectivity index (χ3n) is 2.17. The number of hydrogen-bond donors (Lipinski definition) is 2. The first kappa shape index (κ1) is 12.0. The third kappa shape index (κ3) is 3.00. The minimum absolute atomic E-state index is 0.263. The molecule has 2 aromatic heterocycles. The summed E-state index contributed by atoms with van der Waals surface area (Å²) in [5.41, 5.74) is 0.263. The topological polar surface area (TPSA) is 106 Å². The van der Waals surface area contributed by atoms with Crippen LogP contribution in [0.3, 0.4) is 0 Å². The van der Waals surface area contributed by atoms with Gasteiger partial charge in [0.25, 0.3) is 5.91 Å². The van der Waals surface area contributed by atoms with E-state index in [-0.39, 0.29) is 11.6 Å². The van der Waals surface area contributed by atoms with Crippen molar-refractivity contribution in [3.8, 4) is 0 Å². The van der Waals surface area contributed by atoms with Gasteiger partial charge in [-0.15, -0.1) is 0 Å². The van der Waals surface area contributed by atoms with Gasteiger partial charge in [0, 0.05) is 20.0 Å². The highest BCUT2D eigenvalue weighted by Gasteiger charge is 2.08. The SMILES string of the molecule is CNc1cnc(C(=O)NCCc2ncno2)cn1. The van der Waals surface area contributed by atoms with Gasteiger partial charge in [-0.1, -0.05) is 5.16 Å². The van der Waals surface area contributed by atoms with Crippen LogP contribution < -0.4 is 10.6 Å². The van der Waals surface area contributed by atoms with Gasteiger partial charge in [-0.3, -0.25) is 4.79 Å². The van der Waals surface area contributed by atoms with E-state index in [1.165, 1.54) is 18.7 Å². The molecule has 0 aliphatic heterocycles. The van der Waals surface area contributed by atoms with Gasteiger partial charge in [0.2, 0.25) is 5.89 Å². The molecule has 0 aliphatic carbocycles. The van der Waals surface area contributed by atoms with Gasteiger partial charge in [-0.25, -0.2) is 9.97 Å². The van der Waals surface area contributed by atoms with E-state index in [9.17, 15) is 4.79 Å². The molecule has 0 bridgehead atoms. The molecule has 2 N–H and O–H groups in total. The molecule has 0 aliphatic rings. The summed E-state index contributed by atoms with van der Waals surface area (Å²) in [5.74, 6) is 0.800. The average Bonchev–Trinajstić information content (AvgIpc) is 2.92. The van der Waals surface area contributed by atoms with E-state index in [1.807, 2.05) is 0 Å². The Morgan fingerprint density at radius 2 is 2.22 bits per heavy atom. The van der Waals surface area contributed by atoms with E-state index in [2.05, 4.69) is 30.7 Å². The number of amides is 1. The molecule has 94 valence electrons. The fraction of sp³-hybridized carbons (Fsp3) is 0.300. The lowest BCUT2D eigenvalue weighted by Gasteiger charge is -2.03. The molecule has 2 rings (SSSR count). The van der Waals surface area contributed by atoms with Crippen LogP contribution in [0.25, 0.3) is 0 Å². The van der Waals surface area contributed by atoms with Crippen molar-refractivity contribution in [1.82, 2.24) is 25.4 Å². The Balaban J connectivity index is 1.83. The lowest BCUT2D eigenvalue weighted by Crippen LogP contribution is -2.26. The fourth-order valence-electron chi connectivity index (χ4n) is 1.25. The Morgan fingerprint density at radius 3 is 2.83 bits per heavy atom. The van der Waals surface area contributed by atoms with Crippen molar-refractivity contribution in [2.24, 2.45) is 0 Å². The van der Waals surface area contributed by atoms with Gasteiger partial charge >= 0.3 is 0 Å².